The molecule has 0 radical (unpaired) electrons. The van der Waals surface area contributed by atoms with Gasteiger partial charge in [-0.15, -0.1) is 0 Å². The number of carboxylic acid groups (broad SMARTS) is 1. The molecule has 0 aliphatic rings. The molecule has 78 valence electrons. The fraction of sp³-hybridized carbons (Fsp3) is 0.556. The maximum absolute atomic E-state index is 10.8. The average molecular weight is 214 g/mol. The van der Waals surface area contributed by atoms with Crippen LogP contribution in [0.5, 0.6) is 0 Å². The molecule has 1 atom stereocenters. The molecule has 14 heavy (non-hydrogen) atoms. The van der Waals surface area contributed by atoms with Gasteiger partial charge in [-0.1, -0.05) is 0 Å². The Kier molecular flexibility index (Phi) is 3.57. The maximum Gasteiger partial charge on any atom is 0.339 e. The van der Waals surface area contributed by atoms with Crippen LogP contribution in [0.3, 0.4) is 0 Å². The number of thioether (sulfide) groups is 1. The molecule has 0 saturated heterocycles. The molecule has 0 fully saturated rings. The van der Waals surface area contributed by atoms with Crippen LogP contribution in [0.15, 0.2) is 6.20 Å². The lowest BCUT2D eigenvalue weighted by Gasteiger charge is -2.12. The van der Waals surface area contributed by atoms with Crippen molar-refractivity contribution in [2.24, 2.45) is 0 Å². The molecule has 0 spiro atoms. The lowest BCUT2D eigenvalue weighted by Crippen LogP contribution is -2.11. The summed E-state index contributed by atoms with van der Waals surface area (Å²) >= 11 is 1.72. The van der Waals surface area contributed by atoms with Gasteiger partial charge in [-0.2, -0.15) is 16.9 Å². The maximum atomic E-state index is 10.8. The van der Waals surface area contributed by atoms with Crippen LogP contribution in [-0.2, 0) is 0 Å². The van der Waals surface area contributed by atoms with Crippen molar-refractivity contribution in [3.05, 3.63) is 17.5 Å². The van der Waals surface area contributed by atoms with E-state index in [4.69, 9.17) is 5.11 Å². The largest absolute Gasteiger partial charge is 0.478 e. The Labute approximate surface area is 87.3 Å². The molecule has 1 aromatic rings. The molecule has 0 aliphatic carbocycles. The first-order chi connectivity index (χ1) is 6.57. The number of nitrogens with zero attached hydrogens (tertiary/aromatic N) is 2. The van der Waals surface area contributed by atoms with Crippen molar-refractivity contribution in [2.45, 2.75) is 19.9 Å². The number of rotatable bonds is 4. The normalized spacial score (nSPS) is 12.8. The van der Waals surface area contributed by atoms with Crippen LogP contribution in [0.1, 0.15) is 29.0 Å². The van der Waals surface area contributed by atoms with E-state index < -0.39 is 5.97 Å². The summed E-state index contributed by atoms with van der Waals surface area (Å²) in [5, 5.41) is 12.9. The minimum absolute atomic E-state index is 0.234. The van der Waals surface area contributed by atoms with E-state index in [-0.39, 0.29) is 11.6 Å². The molecule has 1 heterocycles. The summed E-state index contributed by atoms with van der Waals surface area (Å²) in [5.74, 6) is 0.0202. The third-order valence-electron chi connectivity index (χ3n) is 2.10. The van der Waals surface area contributed by atoms with E-state index in [9.17, 15) is 4.79 Å². The van der Waals surface area contributed by atoms with Gasteiger partial charge < -0.3 is 5.11 Å². The van der Waals surface area contributed by atoms with Crippen molar-refractivity contribution in [3.8, 4) is 0 Å². The lowest BCUT2D eigenvalue weighted by molar-refractivity contribution is 0.0696. The minimum Gasteiger partial charge on any atom is -0.478 e. The molecule has 1 rings (SSSR count). The predicted molar refractivity (Wildman–Crippen MR) is 57.0 cm³/mol. The molecule has 4 nitrogen and oxygen atoms in total. The molecule has 1 aromatic heterocycles. The van der Waals surface area contributed by atoms with Crippen molar-refractivity contribution in [2.75, 3.05) is 12.0 Å². The first-order valence-corrected chi connectivity index (χ1v) is 5.73. The van der Waals surface area contributed by atoms with Crippen molar-refractivity contribution in [3.63, 3.8) is 0 Å². The van der Waals surface area contributed by atoms with E-state index in [1.807, 2.05) is 13.2 Å². The highest BCUT2D eigenvalue weighted by atomic mass is 32.2. The van der Waals surface area contributed by atoms with Gasteiger partial charge >= 0.3 is 5.97 Å². The Bertz CT molecular complexity index is 336. The number of carbonyl (C=O) groups is 1. The summed E-state index contributed by atoms with van der Waals surface area (Å²) in [7, 11) is 0. The van der Waals surface area contributed by atoms with Crippen molar-refractivity contribution in [1.82, 2.24) is 9.78 Å². The van der Waals surface area contributed by atoms with Crippen LogP contribution < -0.4 is 0 Å². The number of carboxylic acids is 1. The second-order valence-electron chi connectivity index (χ2n) is 3.20. The van der Waals surface area contributed by atoms with Crippen LogP contribution >= 0.6 is 11.8 Å². The molecule has 1 N–H and O–H groups in total. The van der Waals surface area contributed by atoms with E-state index in [1.165, 1.54) is 6.20 Å². The predicted octanol–water partition coefficient (Wildman–Crippen LogP) is 1.81. The average Bonchev–Trinajstić information content (AvgIpc) is 2.47. The van der Waals surface area contributed by atoms with Crippen LogP contribution in [0.2, 0.25) is 0 Å². The van der Waals surface area contributed by atoms with Gasteiger partial charge in [0.05, 0.1) is 17.9 Å². The summed E-state index contributed by atoms with van der Waals surface area (Å²) in [6, 6.07) is 0.234. The highest BCUT2D eigenvalue weighted by molar-refractivity contribution is 7.98. The van der Waals surface area contributed by atoms with E-state index >= 15 is 0 Å². The van der Waals surface area contributed by atoms with Crippen molar-refractivity contribution in [1.29, 1.82) is 0 Å². The van der Waals surface area contributed by atoms with Gasteiger partial charge in [-0.05, 0) is 20.1 Å². The van der Waals surface area contributed by atoms with Gasteiger partial charge in [0.1, 0.15) is 5.56 Å². The van der Waals surface area contributed by atoms with E-state index in [0.717, 1.165) is 11.4 Å². The molecule has 0 amide bonds. The topological polar surface area (TPSA) is 55.1 Å². The van der Waals surface area contributed by atoms with E-state index in [2.05, 4.69) is 5.10 Å². The smallest absolute Gasteiger partial charge is 0.339 e. The zero-order chi connectivity index (χ0) is 10.7. The second kappa shape index (κ2) is 4.50. The number of aromatic nitrogens is 2. The summed E-state index contributed by atoms with van der Waals surface area (Å²) in [6.45, 7) is 3.81. The Hall–Kier alpha value is -0.970. The zero-order valence-electron chi connectivity index (χ0n) is 8.52. The quantitative estimate of drug-likeness (QED) is 0.830. The zero-order valence-corrected chi connectivity index (χ0v) is 9.34. The first kappa shape index (κ1) is 11.1. The lowest BCUT2D eigenvalue weighted by atomic mass is 10.2. The van der Waals surface area contributed by atoms with Gasteiger partial charge in [-0.25, -0.2) is 4.79 Å². The summed E-state index contributed by atoms with van der Waals surface area (Å²) in [4.78, 5) is 10.8. The van der Waals surface area contributed by atoms with Crippen LogP contribution in [-0.4, -0.2) is 32.9 Å². The fourth-order valence-electron chi connectivity index (χ4n) is 1.39. The third kappa shape index (κ3) is 2.09. The van der Waals surface area contributed by atoms with Gasteiger partial charge in [0.25, 0.3) is 0 Å². The molecule has 1 unspecified atom stereocenters. The fourth-order valence-corrected chi connectivity index (χ4v) is 2.01. The van der Waals surface area contributed by atoms with E-state index in [0.29, 0.717) is 0 Å². The van der Waals surface area contributed by atoms with Gasteiger partial charge in [0.2, 0.25) is 0 Å². The highest BCUT2D eigenvalue weighted by Crippen LogP contribution is 2.16. The van der Waals surface area contributed by atoms with Crippen LogP contribution in [0, 0.1) is 6.92 Å². The van der Waals surface area contributed by atoms with Crippen LogP contribution in [0.25, 0.3) is 0 Å². The van der Waals surface area contributed by atoms with Crippen LogP contribution in [0.4, 0.5) is 0 Å². The number of aromatic carboxylic acids is 1. The molecule has 0 aliphatic heterocycles. The van der Waals surface area contributed by atoms with Gasteiger partial charge in [0, 0.05) is 5.75 Å². The van der Waals surface area contributed by atoms with E-state index in [1.54, 1.807) is 23.4 Å². The van der Waals surface area contributed by atoms with Crippen molar-refractivity contribution < 1.29 is 9.90 Å². The summed E-state index contributed by atoms with van der Waals surface area (Å²) < 4.78 is 1.76. The molecular weight excluding hydrogens is 200 g/mol. The first-order valence-electron chi connectivity index (χ1n) is 4.34. The highest BCUT2D eigenvalue weighted by Gasteiger charge is 2.15. The second-order valence-corrected chi connectivity index (χ2v) is 4.11. The standard InChI is InChI=1S/C9H14N2O2S/c1-6(5-14-3)11-7(2)8(4-10-11)9(12)13/h4,6H,5H2,1-3H3,(H,12,13). The molecule has 0 saturated carbocycles. The Morgan fingerprint density at radius 1 is 1.79 bits per heavy atom. The molecule has 0 bridgehead atoms. The number of hydrogen-bond acceptors (Lipinski definition) is 3. The molecule has 0 aromatic carbocycles. The SMILES string of the molecule is CSCC(C)n1ncc(C(=O)O)c1C. The number of hydrogen-bond donors (Lipinski definition) is 1. The molecular formula is C9H14N2O2S. The Balaban J connectivity index is 2.94. The Morgan fingerprint density at radius 2 is 2.43 bits per heavy atom. The molecule has 5 heteroatoms. The Morgan fingerprint density at radius 3 is 2.86 bits per heavy atom. The van der Waals surface area contributed by atoms with Crippen molar-refractivity contribution >= 4 is 17.7 Å². The monoisotopic (exact) mass is 214 g/mol. The van der Waals surface area contributed by atoms with Gasteiger partial charge in [-0.3, -0.25) is 4.68 Å². The van der Waals surface area contributed by atoms with Gasteiger partial charge in [0.15, 0.2) is 0 Å². The third-order valence-corrected chi connectivity index (χ3v) is 2.92. The minimum atomic E-state index is -0.912. The summed E-state index contributed by atoms with van der Waals surface area (Å²) in [6.07, 6.45) is 3.43. The summed E-state index contributed by atoms with van der Waals surface area (Å²) in [5.41, 5.74) is 1.01.